The summed E-state index contributed by atoms with van der Waals surface area (Å²) >= 11 is 3.59. The van der Waals surface area contributed by atoms with E-state index in [0.717, 1.165) is 36.4 Å². The van der Waals surface area contributed by atoms with Crippen LogP contribution in [-0.4, -0.2) is 31.6 Å². The number of hydrogen-bond acceptors (Lipinski definition) is 3. The van der Waals surface area contributed by atoms with Gasteiger partial charge in [0.25, 0.3) is 0 Å². The molecule has 1 saturated heterocycles. The Bertz CT molecular complexity index is 389. The first-order chi connectivity index (χ1) is 8.22. The predicted octanol–water partition coefficient (Wildman–Crippen LogP) is 2.66. The molecular weight excluding hydrogens is 316 g/mol. The van der Waals surface area contributed by atoms with E-state index in [4.69, 9.17) is 10.5 Å². The third-order valence-electron chi connectivity index (χ3n) is 3.35. The molecule has 102 valence electrons. The molecule has 0 spiro atoms. The lowest BCUT2D eigenvalue weighted by molar-refractivity contribution is 0.316. The highest BCUT2D eigenvalue weighted by molar-refractivity contribution is 9.10. The van der Waals surface area contributed by atoms with Crippen LogP contribution >= 0.6 is 28.3 Å². The minimum Gasteiger partial charge on any atom is -0.497 e. The van der Waals surface area contributed by atoms with Crippen molar-refractivity contribution in [1.29, 1.82) is 0 Å². The van der Waals surface area contributed by atoms with Gasteiger partial charge in [-0.05, 0) is 49.2 Å². The Morgan fingerprint density at radius 3 is 2.89 bits per heavy atom. The molecule has 2 N–H and O–H groups in total. The second-order valence-electron chi connectivity index (χ2n) is 4.58. The van der Waals surface area contributed by atoms with Crippen LogP contribution in [0.15, 0.2) is 22.7 Å². The van der Waals surface area contributed by atoms with Crippen molar-refractivity contribution in [2.45, 2.75) is 13.0 Å². The van der Waals surface area contributed by atoms with Crippen LogP contribution in [-0.2, 0) is 6.54 Å². The molecule has 0 saturated carbocycles. The van der Waals surface area contributed by atoms with Gasteiger partial charge in [0.05, 0.1) is 7.11 Å². The maximum Gasteiger partial charge on any atom is 0.119 e. The molecule has 2 rings (SSSR count). The quantitative estimate of drug-likeness (QED) is 0.919. The highest BCUT2D eigenvalue weighted by Gasteiger charge is 2.21. The first-order valence-corrected chi connectivity index (χ1v) is 6.77. The molecule has 0 bridgehead atoms. The van der Waals surface area contributed by atoms with E-state index in [9.17, 15) is 0 Å². The number of nitrogens with zero attached hydrogens (tertiary/aromatic N) is 1. The van der Waals surface area contributed by atoms with E-state index < -0.39 is 0 Å². The highest BCUT2D eigenvalue weighted by atomic mass is 79.9. The topological polar surface area (TPSA) is 38.5 Å². The Morgan fingerprint density at radius 2 is 2.28 bits per heavy atom. The lowest BCUT2D eigenvalue weighted by Gasteiger charge is -2.17. The summed E-state index contributed by atoms with van der Waals surface area (Å²) in [5.41, 5.74) is 6.99. The van der Waals surface area contributed by atoms with E-state index in [-0.39, 0.29) is 12.4 Å². The summed E-state index contributed by atoms with van der Waals surface area (Å²) < 4.78 is 6.40. The number of benzene rings is 1. The van der Waals surface area contributed by atoms with Gasteiger partial charge < -0.3 is 10.5 Å². The minimum absolute atomic E-state index is 0. The zero-order chi connectivity index (χ0) is 12.3. The fraction of sp³-hybridized carbons (Fsp3) is 0.538. The van der Waals surface area contributed by atoms with Gasteiger partial charge in [-0.1, -0.05) is 15.9 Å². The fourth-order valence-electron chi connectivity index (χ4n) is 2.29. The molecule has 1 aromatic carbocycles. The lowest BCUT2D eigenvalue weighted by atomic mass is 10.1. The summed E-state index contributed by atoms with van der Waals surface area (Å²) in [5.74, 6) is 1.58. The number of likely N-dealkylation sites (tertiary alicyclic amines) is 1. The van der Waals surface area contributed by atoms with Crippen LogP contribution in [0.3, 0.4) is 0 Å². The van der Waals surface area contributed by atoms with E-state index in [0.29, 0.717) is 5.92 Å². The van der Waals surface area contributed by atoms with Crippen LogP contribution in [0.5, 0.6) is 5.75 Å². The number of halogens is 2. The minimum atomic E-state index is 0. The molecule has 1 aliphatic rings. The van der Waals surface area contributed by atoms with E-state index in [1.807, 2.05) is 12.1 Å². The molecule has 5 heteroatoms. The summed E-state index contributed by atoms with van der Waals surface area (Å²) in [6.07, 6.45) is 1.22. The third kappa shape index (κ3) is 3.85. The lowest BCUT2D eigenvalue weighted by Crippen LogP contribution is -2.22. The van der Waals surface area contributed by atoms with Gasteiger partial charge in [0.15, 0.2) is 0 Å². The third-order valence-corrected chi connectivity index (χ3v) is 4.12. The average Bonchev–Trinajstić information content (AvgIpc) is 2.80. The van der Waals surface area contributed by atoms with E-state index in [1.165, 1.54) is 12.0 Å². The van der Waals surface area contributed by atoms with Gasteiger partial charge in [-0.3, -0.25) is 4.90 Å². The molecule has 0 radical (unpaired) electrons. The van der Waals surface area contributed by atoms with Crippen LogP contribution in [0.1, 0.15) is 12.0 Å². The Balaban J connectivity index is 0.00000162. The zero-order valence-electron chi connectivity index (χ0n) is 10.6. The van der Waals surface area contributed by atoms with Gasteiger partial charge in [0.2, 0.25) is 0 Å². The maximum absolute atomic E-state index is 5.71. The average molecular weight is 336 g/mol. The normalized spacial score (nSPS) is 19.6. The van der Waals surface area contributed by atoms with Crippen LogP contribution in [0.2, 0.25) is 0 Å². The van der Waals surface area contributed by atoms with Crippen molar-refractivity contribution >= 4 is 28.3 Å². The molecule has 1 heterocycles. The number of nitrogens with two attached hydrogens (primary N) is 1. The Labute approximate surface area is 123 Å². The van der Waals surface area contributed by atoms with Crippen molar-refractivity contribution < 1.29 is 4.74 Å². The van der Waals surface area contributed by atoms with E-state index in [1.54, 1.807) is 7.11 Å². The highest BCUT2D eigenvalue weighted by Crippen LogP contribution is 2.26. The van der Waals surface area contributed by atoms with Crippen molar-refractivity contribution in [2.75, 3.05) is 26.7 Å². The molecule has 3 nitrogen and oxygen atoms in total. The van der Waals surface area contributed by atoms with Gasteiger partial charge in [-0.15, -0.1) is 12.4 Å². The number of methoxy groups -OCH3 is 1. The van der Waals surface area contributed by atoms with Crippen molar-refractivity contribution in [2.24, 2.45) is 11.7 Å². The molecule has 0 amide bonds. The molecule has 0 aromatic heterocycles. The number of ether oxygens (including phenoxy) is 1. The van der Waals surface area contributed by atoms with Crippen LogP contribution in [0.4, 0.5) is 0 Å². The van der Waals surface area contributed by atoms with Gasteiger partial charge in [-0.2, -0.15) is 0 Å². The van der Waals surface area contributed by atoms with Crippen molar-refractivity contribution in [3.63, 3.8) is 0 Å². The summed E-state index contributed by atoms with van der Waals surface area (Å²) in [6, 6.07) is 6.12. The second kappa shape index (κ2) is 7.34. The molecule has 1 aliphatic heterocycles. The van der Waals surface area contributed by atoms with Crippen molar-refractivity contribution in [3.8, 4) is 5.75 Å². The molecule has 1 aromatic rings. The van der Waals surface area contributed by atoms with Gasteiger partial charge >= 0.3 is 0 Å². The molecule has 0 aliphatic carbocycles. The van der Waals surface area contributed by atoms with Gasteiger partial charge in [0.1, 0.15) is 5.75 Å². The summed E-state index contributed by atoms with van der Waals surface area (Å²) in [5, 5.41) is 0. The number of rotatable bonds is 4. The van der Waals surface area contributed by atoms with E-state index >= 15 is 0 Å². The Morgan fingerprint density at radius 1 is 1.50 bits per heavy atom. The molecule has 18 heavy (non-hydrogen) atoms. The van der Waals surface area contributed by atoms with E-state index in [2.05, 4.69) is 26.9 Å². The fourth-order valence-corrected chi connectivity index (χ4v) is 2.66. The van der Waals surface area contributed by atoms with Gasteiger partial charge in [0, 0.05) is 17.6 Å². The molecule has 1 unspecified atom stereocenters. The summed E-state index contributed by atoms with van der Waals surface area (Å²) in [6.45, 7) is 4.02. The first-order valence-electron chi connectivity index (χ1n) is 5.97. The largest absolute Gasteiger partial charge is 0.497 e. The zero-order valence-corrected chi connectivity index (χ0v) is 13.0. The molecule has 1 fully saturated rings. The first kappa shape index (κ1) is 15.8. The van der Waals surface area contributed by atoms with Crippen LogP contribution in [0.25, 0.3) is 0 Å². The van der Waals surface area contributed by atoms with Crippen LogP contribution < -0.4 is 10.5 Å². The Kier molecular flexibility index (Phi) is 6.43. The van der Waals surface area contributed by atoms with Crippen LogP contribution in [0, 0.1) is 5.92 Å². The smallest absolute Gasteiger partial charge is 0.119 e. The monoisotopic (exact) mass is 334 g/mol. The summed E-state index contributed by atoms with van der Waals surface area (Å²) in [4.78, 5) is 2.46. The summed E-state index contributed by atoms with van der Waals surface area (Å²) in [7, 11) is 1.70. The molecule has 1 atom stereocenters. The maximum atomic E-state index is 5.71. The van der Waals surface area contributed by atoms with Crippen molar-refractivity contribution in [1.82, 2.24) is 4.90 Å². The SMILES string of the molecule is COc1ccc(Br)c(CN2CCC(CN)C2)c1.Cl. The standard InChI is InChI=1S/C13H19BrN2O.ClH/c1-17-12-2-3-13(14)11(6-12)9-16-5-4-10(7-15)8-16;/h2-3,6,10H,4-5,7-9,15H2,1H3;1H. The molecular formula is C13H20BrClN2O. The Hall–Kier alpha value is -0.290. The second-order valence-corrected chi connectivity index (χ2v) is 5.44. The predicted molar refractivity (Wildman–Crippen MR) is 80.4 cm³/mol. The van der Waals surface area contributed by atoms with Gasteiger partial charge in [-0.25, -0.2) is 0 Å². The van der Waals surface area contributed by atoms with Crippen molar-refractivity contribution in [3.05, 3.63) is 28.2 Å². The number of hydrogen-bond donors (Lipinski definition) is 1.